The average molecular weight is 467 g/mol. The molecule has 0 aromatic rings. The van der Waals surface area contributed by atoms with Crippen molar-refractivity contribution in [2.75, 3.05) is 0 Å². The maximum absolute atomic E-state index is 4.47. The van der Waals surface area contributed by atoms with Crippen LogP contribution in [0, 0.1) is 0 Å². The first-order chi connectivity index (χ1) is 14.7. The second-order valence-corrected chi connectivity index (χ2v) is 37.2. The molecule has 10 aliphatic rings. The summed E-state index contributed by atoms with van der Waals surface area (Å²) in [6, 6.07) is 0. The summed E-state index contributed by atoms with van der Waals surface area (Å²) in [5, 5.41) is 0. The fourth-order valence-electron chi connectivity index (χ4n) is 35.0. The van der Waals surface area contributed by atoms with E-state index >= 15 is 0 Å². The zero-order valence-electron chi connectivity index (χ0n) is 22.4. The molecule has 0 bridgehead atoms. The molecular formula is C30H50Fe. The van der Waals surface area contributed by atoms with E-state index in [2.05, 4.69) is 69.2 Å². The first kappa shape index (κ1) is 17.9. The molecule has 0 saturated carbocycles. The van der Waals surface area contributed by atoms with Crippen LogP contribution in [-0.2, 0) is 6.51 Å². The summed E-state index contributed by atoms with van der Waals surface area (Å²) in [7, 11) is 0. The Hall–Kier alpha value is 0.519. The van der Waals surface area contributed by atoms with E-state index in [4.69, 9.17) is 0 Å². The molecule has 1 spiro atoms. The zero-order chi connectivity index (χ0) is 22.4. The molecule has 10 heterocycles. The van der Waals surface area contributed by atoms with Crippen LogP contribution in [0.3, 0.4) is 0 Å². The second-order valence-electron chi connectivity index (χ2n) is 15.3. The van der Waals surface area contributed by atoms with Crippen molar-refractivity contribution >= 4 is 0 Å². The Morgan fingerprint density at radius 1 is 0.258 bits per heavy atom. The van der Waals surface area contributed by atoms with Gasteiger partial charge in [-0.1, -0.05) is 0 Å². The van der Waals surface area contributed by atoms with E-state index in [0.717, 1.165) is 43.1 Å². The Bertz CT molecular complexity index is 1060. The Balaban J connectivity index is 1.69. The second kappa shape index (κ2) is 1.99. The predicted octanol–water partition coefficient (Wildman–Crippen LogP) is 11.2. The fourth-order valence-corrected chi connectivity index (χ4v) is 141. The third-order valence-corrected chi connectivity index (χ3v) is 77.1. The maximum atomic E-state index is 2.76. The summed E-state index contributed by atoms with van der Waals surface area (Å²) in [6.07, 6.45) is 16.0. The van der Waals surface area contributed by atoms with Gasteiger partial charge in [0.25, 0.3) is 0 Å². The SMILES string of the molecule is CC[C]12[C]3(CC)[C]4(CC)[C]5(CC)[C]1(CC)[Fe]23451678[C]2(CC)[C]1(CC)[C]6(CC)[C]7(CC)[C]28CC. The summed E-state index contributed by atoms with van der Waals surface area (Å²) < 4.78 is 8.73. The summed E-state index contributed by atoms with van der Waals surface area (Å²) in [5.74, 6) is 0. The molecule has 31 heavy (non-hydrogen) atoms. The zero-order valence-corrected chi connectivity index (χ0v) is 23.5. The standard InChI is InChI=1S/2C15H25.Fe/c2*1-6-11-12(7-2)14(9-4)15(10-5)13(11)8-3;/h2*6-10H2,1-5H3;. The van der Waals surface area contributed by atoms with E-state index in [1.807, 2.05) is 0 Å². The molecule has 0 unspecified atom stereocenters. The van der Waals surface area contributed by atoms with Crippen molar-refractivity contribution in [3.8, 4) is 0 Å². The van der Waals surface area contributed by atoms with Gasteiger partial charge in [-0.05, 0) is 0 Å². The van der Waals surface area contributed by atoms with Gasteiger partial charge in [-0.3, -0.25) is 0 Å². The fraction of sp³-hybridized carbons (Fsp3) is 1.00. The minimum atomic E-state index is -4.47. The van der Waals surface area contributed by atoms with Crippen LogP contribution in [0.5, 0.6) is 0 Å². The van der Waals surface area contributed by atoms with Crippen molar-refractivity contribution in [3.05, 3.63) is 0 Å². The molecule has 0 aromatic carbocycles. The molecule has 0 aliphatic carbocycles. The van der Waals surface area contributed by atoms with Gasteiger partial charge < -0.3 is 0 Å². The molecule has 0 aromatic heterocycles. The third-order valence-electron chi connectivity index (χ3n) is 24.1. The van der Waals surface area contributed by atoms with Crippen LogP contribution in [0.15, 0.2) is 0 Å². The van der Waals surface area contributed by atoms with Crippen molar-refractivity contribution in [3.63, 3.8) is 0 Å². The number of fused-ring (bicyclic) bond motifs is 10. The van der Waals surface area contributed by atoms with Gasteiger partial charge in [0.15, 0.2) is 0 Å². The Morgan fingerprint density at radius 3 is 0.419 bits per heavy atom. The molecule has 0 N–H and O–H groups in total. The molecular weight excluding hydrogens is 416 g/mol. The number of hydrogen-bond donors (Lipinski definition) is 0. The van der Waals surface area contributed by atoms with Crippen LogP contribution in [0.25, 0.3) is 0 Å². The van der Waals surface area contributed by atoms with Gasteiger partial charge in [-0.15, -0.1) is 0 Å². The van der Waals surface area contributed by atoms with Gasteiger partial charge >= 0.3 is 183 Å². The molecule has 0 radical (unpaired) electrons. The van der Waals surface area contributed by atoms with Crippen LogP contribution in [0.2, 0.25) is 43.1 Å². The molecule has 10 saturated heterocycles. The molecule has 0 amide bonds. The van der Waals surface area contributed by atoms with Gasteiger partial charge in [0.1, 0.15) is 0 Å². The van der Waals surface area contributed by atoms with Crippen molar-refractivity contribution < 1.29 is 6.51 Å². The minimum absolute atomic E-state index is 0.873. The number of hydrogen-bond acceptors (Lipinski definition) is 0. The molecule has 0 nitrogen and oxygen atoms in total. The van der Waals surface area contributed by atoms with Gasteiger partial charge in [0.2, 0.25) is 0 Å². The van der Waals surface area contributed by atoms with E-state index in [1.54, 1.807) is 64.2 Å². The number of rotatable bonds is 10. The van der Waals surface area contributed by atoms with E-state index < -0.39 is 6.51 Å². The molecule has 10 aliphatic heterocycles. The molecule has 10 rings (SSSR count). The average Bonchev–Trinajstić information content (AvgIpc) is 3.76. The summed E-state index contributed by atoms with van der Waals surface area (Å²) in [4.78, 5) is 0. The van der Waals surface area contributed by atoms with E-state index in [9.17, 15) is 0 Å². The molecule has 10 fully saturated rings. The van der Waals surface area contributed by atoms with E-state index in [-0.39, 0.29) is 0 Å². The Kier molecular flexibility index (Phi) is 1.15. The van der Waals surface area contributed by atoms with Gasteiger partial charge in [-0.25, -0.2) is 0 Å². The summed E-state index contributed by atoms with van der Waals surface area (Å²) >= 11 is 0. The van der Waals surface area contributed by atoms with E-state index in [0.29, 0.717) is 0 Å². The normalized spacial score (nSPS) is 92.6. The topological polar surface area (TPSA) is 0 Å². The van der Waals surface area contributed by atoms with Crippen LogP contribution in [-0.4, -0.2) is 0 Å². The molecule has 0 atom stereocenters. The Morgan fingerprint density at radius 2 is 0.355 bits per heavy atom. The summed E-state index contributed by atoms with van der Waals surface area (Å²) in [6.45, 7) is 23.1. The quantitative estimate of drug-likeness (QED) is 0.281. The van der Waals surface area contributed by atoms with Crippen LogP contribution >= 0.6 is 0 Å². The van der Waals surface area contributed by atoms with Gasteiger partial charge in [0, 0.05) is 0 Å². The predicted molar refractivity (Wildman–Crippen MR) is 130 cm³/mol. The summed E-state index contributed by atoms with van der Waals surface area (Å²) in [5.41, 5.74) is 0. The molecule has 1 heteroatoms. The van der Waals surface area contributed by atoms with Crippen molar-refractivity contribution in [2.45, 2.75) is 177 Å². The molecule has 178 valence electrons. The van der Waals surface area contributed by atoms with Crippen LogP contribution < -0.4 is 0 Å². The van der Waals surface area contributed by atoms with E-state index in [1.165, 1.54) is 0 Å². The van der Waals surface area contributed by atoms with Crippen molar-refractivity contribution in [2.24, 2.45) is 0 Å². The monoisotopic (exact) mass is 466 g/mol. The third kappa shape index (κ3) is 0.181. The van der Waals surface area contributed by atoms with Crippen molar-refractivity contribution in [1.29, 1.82) is 0 Å². The first-order valence-electron chi connectivity index (χ1n) is 14.9. The van der Waals surface area contributed by atoms with Gasteiger partial charge in [0.05, 0.1) is 0 Å². The van der Waals surface area contributed by atoms with Crippen molar-refractivity contribution in [1.82, 2.24) is 0 Å². The first-order valence-corrected chi connectivity index (χ1v) is 20.4. The Labute approximate surface area is 182 Å². The van der Waals surface area contributed by atoms with Crippen LogP contribution in [0.4, 0.5) is 0 Å². The van der Waals surface area contributed by atoms with Gasteiger partial charge in [-0.2, -0.15) is 0 Å². The van der Waals surface area contributed by atoms with Crippen LogP contribution in [0.1, 0.15) is 133 Å².